The molecule has 0 atom stereocenters. The van der Waals surface area contributed by atoms with Gasteiger partial charge in [0, 0.05) is 17.1 Å². The summed E-state index contributed by atoms with van der Waals surface area (Å²) in [6.45, 7) is 2.01. The lowest BCUT2D eigenvalue weighted by molar-refractivity contribution is 0.102. The van der Waals surface area contributed by atoms with E-state index in [1.807, 2.05) is 67.6 Å². The van der Waals surface area contributed by atoms with Crippen molar-refractivity contribution in [2.75, 3.05) is 12.4 Å². The van der Waals surface area contributed by atoms with Gasteiger partial charge in [-0.15, -0.1) is 0 Å². The second-order valence-electron chi connectivity index (χ2n) is 6.64. The van der Waals surface area contributed by atoms with Gasteiger partial charge in [-0.05, 0) is 43.3 Å². The third-order valence-corrected chi connectivity index (χ3v) is 4.49. The zero-order valence-electron chi connectivity index (χ0n) is 16.2. The molecule has 4 aromatic rings. The van der Waals surface area contributed by atoms with Crippen LogP contribution in [0.25, 0.3) is 11.0 Å². The molecule has 5 heteroatoms. The predicted octanol–water partition coefficient (Wildman–Crippen LogP) is 5.23. The largest absolute Gasteiger partial charge is 0.497 e. The van der Waals surface area contributed by atoms with E-state index in [4.69, 9.17) is 9.15 Å². The lowest BCUT2D eigenvalue weighted by Crippen LogP contribution is -2.21. The minimum Gasteiger partial charge on any atom is -0.497 e. The summed E-state index contributed by atoms with van der Waals surface area (Å²) in [5.74, 6) is 0.356. The number of ether oxygens (including phenoxy) is 1. The highest BCUT2D eigenvalue weighted by atomic mass is 16.5. The van der Waals surface area contributed by atoms with E-state index >= 15 is 0 Å². The van der Waals surface area contributed by atoms with E-state index in [1.54, 1.807) is 25.3 Å². The topological polar surface area (TPSA) is 63.8 Å². The number of anilines is 1. The van der Waals surface area contributed by atoms with Gasteiger partial charge in [0.05, 0.1) is 12.8 Å². The molecule has 5 nitrogen and oxygen atoms in total. The number of benzene rings is 3. The average molecular weight is 384 g/mol. The Labute approximate surface area is 168 Å². The van der Waals surface area contributed by atoms with Gasteiger partial charge in [-0.2, -0.15) is 0 Å². The van der Waals surface area contributed by atoms with E-state index in [1.165, 1.54) is 0 Å². The molecule has 0 aliphatic carbocycles. The number of nitrogens with zero attached hydrogens (tertiary/aromatic N) is 1. The van der Waals surface area contributed by atoms with Crippen LogP contribution in [-0.4, -0.2) is 13.0 Å². The van der Waals surface area contributed by atoms with Gasteiger partial charge in [0.2, 0.25) is 5.55 Å². The minimum atomic E-state index is -0.307. The number of hydrogen-bond acceptors (Lipinski definition) is 4. The van der Waals surface area contributed by atoms with Crippen molar-refractivity contribution in [1.82, 2.24) is 0 Å². The molecular weight excluding hydrogens is 364 g/mol. The number of nitrogens with one attached hydrogen (secondary N) is 1. The Balaban J connectivity index is 1.80. The quantitative estimate of drug-likeness (QED) is 0.524. The van der Waals surface area contributed by atoms with Gasteiger partial charge < -0.3 is 14.5 Å². The molecule has 0 saturated carbocycles. The summed E-state index contributed by atoms with van der Waals surface area (Å²) < 4.78 is 11.2. The molecule has 1 amide bonds. The molecule has 144 valence electrons. The van der Waals surface area contributed by atoms with Crippen molar-refractivity contribution >= 4 is 28.3 Å². The maximum atomic E-state index is 13.1. The Morgan fingerprint density at radius 1 is 0.966 bits per heavy atom. The summed E-state index contributed by atoms with van der Waals surface area (Å²) in [6.07, 6.45) is 0. The van der Waals surface area contributed by atoms with Crippen LogP contribution in [0.15, 0.2) is 88.3 Å². The van der Waals surface area contributed by atoms with Gasteiger partial charge in [0.25, 0.3) is 5.91 Å². The molecule has 0 spiro atoms. The van der Waals surface area contributed by atoms with Crippen LogP contribution in [0, 0.1) is 6.92 Å². The maximum absolute atomic E-state index is 13.1. The van der Waals surface area contributed by atoms with Crippen molar-refractivity contribution < 1.29 is 13.9 Å². The van der Waals surface area contributed by atoms with E-state index in [0.717, 1.165) is 10.9 Å². The summed E-state index contributed by atoms with van der Waals surface area (Å²) >= 11 is 0. The number of hydrogen-bond donors (Lipinski definition) is 1. The summed E-state index contributed by atoms with van der Waals surface area (Å²) in [5, 5.41) is 3.72. The lowest BCUT2D eigenvalue weighted by atomic mass is 10.1. The van der Waals surface area contributed by atoms with Gasteiger partial charge in [0.15, 0.2) is 0 Å². The summed E-state index contributed by atoms with van der Waals surface area (Å²) in [5.41, 5.74) is 3.75. The van der Waals surface area contributed by atoms with Crippen molar-refractivity contribution in [2.45, 2.75) is 6.92 Å². The lowest BCUT2D eigenvalue weighted by Gasteiger charge is -2.08. The second-order valence-corrected chi connectivity index (χ2v) is 6.64. The summed E-state index contributed by atoms with van der Waals surface area (Å²) in [6, 6.07) is 24.2. The Hall–Kier alpha value is -3.86. The molecule has 0 aliphatic heterocycles. The van der Waals surface area contributed by atoms with Crippen LogP contribution >= 0.6 is 0 Å². The van der Waals surface area contributed by atoms with Crippen molar-refractivity contribution in [2.24, 2.45) is 4.99 Å². The molecule has 0 bridgehead atoms. The van der Waals surface area contributed by atoms with E-state index < -0.39 is 0 Å². The molecule has 4 rings (SSSR count). The molecular formula is C24H20N2O3. The van der Waals surface area contributed by atoms with Crippen molar-refractivity contribution in [3.05, 3.63) is 95.5 Å². The maximum Gasteiger partial charge on any atom is 0.261 e. The van der Waals surface area contributed by atoms with E-state index in [-0.39, 0.29) is 11.5 Å². The van der Waals surface area contributed by atoms with Crippen LogP contribution in [-0.2, 0) is 0 Å². The first kappa shape index (κ1) is 18.5. The monoisotopic (exact) mass is 384 g/mol. The molecule has 29 heavy (non-hydrogen) atoms. The van der Waals surface area contributed by atoms with Crippen molar-refractivity contribution in [3.63, 3.8) is 0 Å². The fraction of sp³-hybridized carbons (Fsp3) is 0.0833. The standard InChI is InChI=1S/C24H20N2O3/c1-16-10-12-18(13-11-16)26-24-21(14-17-6-3-4-9-22(17)29-24)23(27)25-19-7-5-8-20(15-19)28-2/h3-15H,1-2H3,(H,25,27). The predicted molar refractivity (Wildman–Crippen MR) is 114 cm³/mol. The first-order chi connectivity index (χ1) is 14.1. The molecule has 1 aromatic heterocycles. The number of carbonyl (C=O) groups excluding carboxylic acids is 1. The van der Waals surface area contributed by atoms with Crippen LogP contribution in [0.2, 0.25) is 0 Å². The van der Waals surface area contributed by atoms with E-state index in [2.05, 4.69) is 10.3 Å². The van der Waals surface area contributed by atoms with E-state index in [9.17, 15) is 4.79 Å². The third-order valence-electron chi connectivity index (χ3n) is 4.49. The van der Waals surface area contributed by atoms with Crippen LogP contribution in [0.5, 0.6) is 5.75 Å². The molecule has 0 radical (unpaired) electrons. The number of aryl methyl sites for hydroxylation is 1. The zero-order chi connectivity index (χ0) is 20.2. The smallest absolute Gasteiger partial charge is 0.261 e. The highest BCUT2D eigenvalue weighted by Crippen LogP contribution is 2.19. The number of methoxy groups -OCH3 is 1. The summed E-state index contributed by atoms with van der Waals surface area (Å²) in [7, 11) is 1.59. The number of carbonyl (C=O) groups is 1. The Bertz CT molecular complexity index is 1240. The van der Waals surface area contributed by atoms with Gasteiger partial charge in [-0.1, -0.05) is 42.0 Å². The highest BCUT2D eigenvalue weighted by molar-refractivity contribution is 6.05. The van der Waals surface area contributed by atoms with Gasteiger partial charge in [0.1, 0.15) is 16.9 Å². The molecule has 0 unspecified atom stereocenters. The molecule has 0 aliphatic rings. The number of rotatable bonds is 4. The van der Waals surface area contributed by atoms with Crippen LogP contribution in [0.3, 0.4) is 0 Å². The van der Waals surface area contributed by atoms with Crippen LogP contribution < -0.4 is 15.6 Å². The molecule has 0 fully saturated rings. The van der Waals surface area contributed by atoms with Gasteiger partial charge >= 0.3 is 0 Å². The van der Waals surface area contributed by atoms with Gasteiger partial charge in [-0.25, -0.2) is 4.99 Å². The Kier molecular flexibility index (Phi) is 5.12. The van der Waals surface area contributed by atoms with Gasteiger partial charge in [-0.3, -0.25) is 4.79 Å². The summed E-state index contributed by atoms with van der Waals surface area (Å²) in [4.78, 5) is 17.6. The van der Waals surface area contributed by atoms with Crippen molar-refractivity contribution in [3.8, 4) is 5.75 Å². The fourth-order valence-corrected chi connectivity index (χ4v) is 2.95. The Morgan fingerprint density at radius 3 is 2.55 bits per heavy atom. The second kappa shape index (κ2) is 8.02. The first-order valence-electron chi connectivity index (χ1n) is 9.22. The first-order valence-corrected chi connectivity index (χ1v) is 9.22. The SMILES string of the molecule is COc1cccc(NC(=O)c2cc3ccccc3oc2=Nc2ccc(C)cc2)c1. The number of fused-ring (bicyclic) bond motifs is 1. The number of amides is 1. The molecule has 0 saturated heterocycles. The number of para-hydroxylation sites is 1. The van der Waals surface area contributed by atoms with E-state index in [0.29, 0.717) is 28.3 Å². The van der Waals surface area contributed by atoms with Crippen LogP contribution in [0.1, 0.15) is 15.9 Å². The molecule has 1 N–H and O–H groups in total. The zero-order valence-corrected chi connectivity index (χ0v) is 16.2. The average Bonchev–Trinajstić information content (AvgIpc) is 2.75. The molecule has 3 aromatic carbocycles. The van der Waals surface area contributed by atoms with Crippen LogP contribution in [0.4, 0.5) is 11.4 Å². The molecule has 1 heterocycles. The normalized spacial score (nSPS) is 11.4. The highest BCUT2D eigenvalue weighted by Gasteiger charge is 2.13. The fourth-order valence-electron chi connectivity index (χ4n) is 2.95. The third kappa shape index (κ3) is 4.19. The van der Waals surface area contributed by atoms with Crippen molar-refractivity contribution in [1.29, 1.82) is 0 Å². The Morgan fingerprint density at radius 2 is 1.76 bits per heavy atom. The minimum absolute atomic E-state index is 0.257.